The van der Waals surface area contributed by atoms with Crippen molar-refractivity contribution in [2.24, 2.45) is 0 Å². The van der Waals surface area contributed by atoms with Gasteiger partial charge in [-0.25, -0.2) is 8.78 Å². The monoisotopic (exact) mass is 296 g/mol. The van der Waals surface area contributed by atoms with Crippen LogP contribution in [0.3, 0.4) is 0 Å². The standard InChI is InChI=1S/C18H26F2O/c1-2-3-4-5-6-7-8-9-10-14-17(21)18-15(19)12-11-13-16(18)20/h11-13H,2-10,14H2,1H3. The van der Waals surface area contributed by atoms with Crippen molar-refractivity contribution in [3.05, 3.63) is 35.4 Å². The van der Waals surface area contributed by atoms with E-state index in [-0.39, 0.29) is 12.0 Å². The van der Waals surface area contributed by atoms with Gasteiger partial charge in [0.15, 0.2) is 5.78 Å². The largest absolute Gasteiger partial charge is 0.294 e. The first kappa shape index (κ1) is 17.8. The van der Waals surface area contributed by atoms with Crippen molar-refractivity contribution < 1.29 is 13.6 Å². The molecule has 1 rings (SSSR count). The molecule has 0 heterocycles. The van der Waals surface area contributed by atoms with Gasteiger partial charge in [0.2, 0.25) is 0 Å². The average Bonchev–Trinajstić information content (AvgIpc) is 2.45. The Balaban J connectivity index is 2.14. The zero-order chi connectivity index (χ0) is 15.5. The van der Waals surface area contributed by atoms with Crippen LogP contribution in [0.4, 0.5) is 8.78 Å². The number of benzene rings is 1. The maximum atomic E-state index is 13.4. The van der Waals surface area contributed by atoms with Crippen LogP contribution in [0.5, 0.6) is 0 Å². The summed E-state index contributed by atoms with van der Waals surface area (Å²) in [4.78, 5) is 11.8. The Bertz CT molecular complexity index is 409. The van der Waals surface area contributed by atoms with E-state index in [9.17, 15) is 13.6 Å². The highest BCUT2D eigenvalue weighted by molar-refractivity contribution is 5.96. The normalized spacial score (nSPS) is 10.8. The van der Waals surface area contributed by atoms with E-state index in [0.717, 1.165) is 25.0 Å². The summed E-state index contributed by atoms with van der Waals surface area (Å²) in [6.07, 6.45) is 10.6. The second kappa shape index (κ2) is 10.5. The van der Waals surface area contributed by atoms with Crippen molar-refractivity contribution in [3.8, 4) is 0 Å². The highest BCUT2D eigenvalue weighted by atomic mass is 19.1. The predicted octanol–water partition coefficient (Wildman–Crippen LogP) is 6.07. The molecule has 1 aromatic rings. The van der Waals surface area contributed by atoms with Gasteiger partial charge in [0.1, 0.15) is 11.6 Å². The molecule has 0 N–H and O–H groups in total. The molecule has 21 heavy (non-hydrogen) atoms. The van der Waals surface area contributed by atoms with Crippen LogP contribution in [-0.4, -0.2) is 5.78 Å². The molecule has 0 atom stereocenters. The first-order chi connectivity index (χ1) is 10.2. The lowest BCUT2D eigenvalue weighted by Crippen LogP contribution is -2.05. The fourth-order valence-electron chi connectivity index (χ4n) is 2.49. The second-order valence-electron chi connectivity index (χ2n) is 5.60. The highest BCUT2D eigenvalue weighted by Crippen LogP contribution is 2.17. The molecule has 0 saturated carbocycles. The number of hydrogen-bond acceptors (Lipinski definition) is 1. The fourth-order valence-corrected chi connectivity index (χ4v) is 2.49. The summed E-state index contributed by atoms with van der Waals surface area (Å²) in [5.41, 5.74) is -0.378. The molecule has 0 spiro atoms. The van der Waals surface area contributed by atoms with Crippen LogP contribution in [0.25, 0.3) is 0 Å². The maximum Gasteiger partial charge on any atom is 0.168 e. The van der Waals surface area contributed by atoms with Crippen LogP contribution < -0.4 is 0 Å². The van der Waals surface area contributed by atoms with Crippen molar-refractivity contribution >= 4 is 5.78 Å². The summed E-state index contributed by atoms with van der Waals surface area (Å²) >= 11 is 0. The number of hydrogen-bond donors (Lipinski definition) is 0. The molecule has 118 valence electrons. The van der Waals surface area contributed by atoms with Crippen LogP contribution in [0.15, 0.2) is 18.2 Å². The molecule has 0 aromatic heterocycles. The van der Waals surface area contributed by atoms with E-state index in [1.807, 2.05) is 0 Å². The second-order valence-corrected chi connectivity index (χ2v) is 5.60. The Morgan fingerprint density at radius 2 is 1.33 bits per heavy atom. The number of unbranched alkanes of at least 4 members (excludes halogenated alkanes) is 8. The molecule has 0 bridgehead atoms. The van der Waals surface area contributed by atoms with Gasteiger partial charge < -0.3 is 0 Å². The zero-order valence-electron chi connectivity index (χ0n) is 13.0. The molecule has 0 aliphatic carbocycles. The Morgan fingerprint density at radius 3 is 1.86 bits per heavy atom. The fraction of sp³-hybridized carbons (Fsp3) is 0.611. The third kappa shape index (κ3) is 6.83. The number of ketones is 1. The molecule has 1 nitrogen and oxygen atoms in total. The van der Waals surface area contributed by atoms with Gasteiger partial charge in [0.05, 0.1) is 5.56 Å². The summed E-state index contributed by atoms with van der Waals surface area (Å²) in [6, 6.07) is 3.54. The Labute approximate surface area is 126 Å². The molecule has 0 aliphatic heterocycles. The van der Waals surface area contributed by atoms with E-state index in [1.54, 1.807) is 0 Å². The first-order valence-corrected chi connectivity index (χ1v) is 8.14. The van der Waals surface area contributed by atoms with E-state index in [4.69, 9.17) is 0 Å². The van der Waals surface area contributed by atoms with Crippen molar-refractivity contribution in [2.75, 3.05) is 0 Å². The van der Waals surface area contributed by atoms with Gasteiger partial charge in [-0.05, 0) is 18.6 Å². The summed E-state index contributed by atoms with van der Waals surface area (Å²) in [5.74, 6) is -1.93. The highest BCUT2D eigenvalue weighted by Gasteiger charge is 2.16. The number of halogens is 2. The summed E-state index contributed by atoms with van der Waals surface area (Å²) in [5, 5.41) is 0. The lowest BCUT2D eigenvalue weighted by Gasteiger charge is -2.04. The van der Waals surface area contributed by atoms with Gasteiger partial charge in [0, 0.05) is 6.42 Å². The number of carbonyl (C=O) groups is 1. The quantitative estimate of drug-likeness (QED) is 0.358. The van der Waals surface area contributed by atoms with Crippen LogP contribution in [0, 0.1) is 11.6 Å². The van der Waals surface area contributed by atoms with Crippen molar-refractivity contribution in [1.29, 1.82) is 0 Å². The number of rotatable bonds is 11. The van der Waals surface area contributed by atoms with E-state index < -0.39 is 17.4 Å². The molecule has 0 unspecified atom stereocenters. The molecule has 0 aliphatic rings. The van der Waals surface area contributed by atoms with E-state index >= 15 is 0 Å². The van der Waals surface area contributed by atoms with Crippen LogP contribution >= 0.6 is 0 Å². The van der Waals surface area contributed by atoms with E-state index in [0.29, 0.717) is 6.42 Å². The lowest BCUT2D eigenvalue weighted by atomic mass is 10.0. The molecule has 1 aromatic carbocycles. The number of Topliss-reactive ketones (excluding diaryl/α,β-unsaturated/α-hetero) is 1. The van der Waals surface area contributed by atoms with Crippen molar-refractivity contribution in [1.82, 2.24) is 0 Å². The van der Waals surface area contributed by atoms with Crippen LogP contribution in [0.2, 0.25) is 0 Å². The average molecular weight is 296 g/mol. The number of carbonyl (C=O) groups excluding carboxylic acids is 1. The van der Waals surface area contributed by atoms with Crippen molar-refractivity contribution in [2.45, 2.75) is 71.1 Å². The minimum Gasteiger partial charge on any atom is -0.294 e. The Kier molecular flexibility index (Phi) is 8.88. The molecule has 0 fully saturated rings. The lowest BCUT2D eigenvalue weighted by molar-refractivity contribution is 0.0971. The summed E-state index contributed by atoms with van der Waals surface area (Å²) < 4.78 is 26.8. The molecule has 3 heteroatoms. The van der Waals surface area contributed by atoms with Gasteiger partial charge in [0.25, 0.3) is 0 Å². The summed E-state index contributed by atoms with van der Waals surface area (Å²) in [6.45, 7) is 2.20. The smallest absolute Gasteiger partial charge is 0.168 e. The van der Waals surface area contributed by atoms with E-state index in [1.165, 1.54) is 44.6 Å². The van der Waals surface area contributed by atoms with Crippen LogP contribution in [0.1, 0.15) is 81.5 Å². The minimum absolute atomic E-state index is 0.230. The molecule has 0 saturated heterocycles. The Hall–Kier alpha value is -1.25. The maximum absolute atomic E-state index is 13.4. The van der Waals surface area contributed by atoms with Crippen molar-refractivity contribution in [3.63, 3.8) is 0 Å². The molecular weight excluding hydrogens is 270 g/mol. The molecule has 0 radical (unpaired) electrons. The van der Waals surface area contributed by atoms with Gasteiger partial charge in [-0.15, -0.1) is 0 Å². The molecular formula is C18H26F2O. The van der Waals surface area contributed by atoms with Gasteiger partial charge in [-0.1, -0.05) is 64.4 Å². The zero-order valence-corrected chi connectivity index (χ0v) is 13.0. The topological polar surface area (TPSA) is 17.1 Å². The third-order valence-electron chi connectivity index (χ3n) is 3.75. The third-order valence-corrected chi connectivity index (χ3v) is 3.75. The predicted molar refractivity (Wildman–Crippen MR) is 82.5 cm³/mol. The van der Waals surface area contributed by atoms with E-state index in [2.05, 4.69) is 6.92 Å². The first-order valence-electron chi connectivity index (χ1n) is 8.14. The SMILES string of the molecule is CCCCCCCCCCCC(=O)c1c(F)cccc1F. The summed E-state index contributed by atoms with van der Waals surface area (Å²) in [7, 11) is 0. The van der Waals surface area contributed by atoms with Crippen LogP contribution in [-0.2, 0) is 0 Å². The van der Waals surface area contributed by atoms with Gasteiger partial charge in [-0.3, -0.25) is 4.79 Å². The minimum atomic E-state index is -0.754. The van der Waals surface area contributed by atoms with Gasteiger partial charge in [-0.2, -0.15) is 0 Å². The van der Waals surface area contributed by atoms with Gasteiger partial charge >= 0.3 is 0 Å². The Morgan fingerprint density at radius 1 is 0.857 bits per heavy atom. The molecule has 0 amide bonds.